The van der Waals surface area contributed by atoms with Crippen molar-refractivity contribution in [3.05, 3.63) is 65.4 Å². The molecule has 144 valence electrons. The fraction of sp³-hybridized carbons (Fsp3) is 0.238. The predicted molar refractivity (Wildman–Crippen MR) is 110 cm³/mol. The van der Waals surface area contributed by atoms with Crippen LogP contribution in [0.2, 0.25) is 0 Å². The number of aromatic nitrogens is 2. The highest BCUT2D eigenvalue weighted by Gasteiger charge is 2.24. The van der Waals surface area contributed by atoms with Crippen molar-refractivity contribution in [1.29, 1.82) is 0 Å². The second-order valence-corrected chi connectivity index (χ2v) is 7.52. The number of hydrogen-bond acceptors (Lipinski definition) is 5. The Morgan fingerprint density at radius 2 is 2.00 bits per heavy atom. The molecule has 0 atom stereocenters. The van der Waals surface area contributed by atoms with Crippen molar-refractivity contribution in [1.82, 2.24) is 9.78 Å². The Balaban J connectivity index is 1.53. The summed E-state index contributed by atoms with van der Waals surface area (Å²) in [5.41, 5.74) is 4.18. The highest BCUT2D eigenvalue weighted by atomic mass is 32.2. The smallest absolute Gasteiger partial charge is 0.263 e. The molecule has 1 amide bonds. The number of fused-ring (bicyclic) bond motifs is 1. The summed E-state index contributed by atoms with van der Waals surface area (Å²) in [5, 5.41) is 7.72. The number of rotatable bonds is 6. The number of carbonyl (C=O) groups is 1. The van der Waals surface area contributed by atoms with E-state index in [0.717, 1.165) is 39.8 Å². The molecule has 0 aliphatic carbocycles. The Bertz CT molecular complexity index is 1020. The van der Waals surface area contributed by atoms with Gasteiger partial charge in [0.2, 0.25) is 0 Å². The Labute approximate surface area is 167 Å². The van der Waals surface area contributed by atoms with Gasteiger partial charge in [0.25, 0.3) is 5.91 Å². The molecular weight excluding hydrogens is 374 g/mol. The van der Waals surface area contributed by atoms with Crippen LogP contribution in [0.4, 0.5) is 5.82 Å². The standard InChI is InChI=1S/C21H21N3O3S/c1-14-5-3-6-15(9-14)24-21(18-12-28-13-19(18)23-24)22-20(25)11-27-17-8-4-7-16(10-17)26-2/h3-10H,11-13H2,1-2H3,(H,22,25). The van der Waals surface area contributed by atoms with Crippen LogP contribution >= 0.6 is 11.8 Å². The zero-order valence-electron chi connectivity index (χ0n) is 15.8. The van der Waals surface area contributed by atoms with Gasteiger partial charge in [0, 0.05) is 23.1 Å². The molecule has 0 radical (unpaired) electrons. The first-order valence-electron chi connectivity index (χ1n) is 8.96. The Morgan fingerprint density at radius 3 is 2.82 bits per heavy atom. The maximum atomic E-state index is 12.6. The first-order valence-corrected chi connectivity index (χ1v) is 10.1. The highest BCUT2D eigenvalue weighted by Crippen LogP contribution is 2.36. The fourth-order valence-electron chi connectivity index (χ4n) is 3.10. The third-order valence-corrected chi connectivity index (χ3v) is 5.44. The van der Waals surface area contributed by atoms with Gasteiger partial charge in [-0.2, -0.15) is 16.9 Å². The van der Waals surface area contributed by atoms with E-state index in [1.807, 2.05) is 41.9 Å². The van der Waals surface area contributed by atoms with E-state index in [1.54, 1.807) is 31.0 Å². The molecule has 0 saturated heterocycles. The molecule has 4 rings (SSSR count). The monoisotopic (exact) mass is 395 g/mol. The number of carbonyl (C=O) groups excluding carboxylic acids is 1. The predicted octanol–water partition coefficient (Wildman–Crippen LogP) is 3.95. The molecule has 28 heavy (non-hydrogen) atoms. The van der Waals surface area contributed by atoms with Gasteiger partial charge in [-0.15, -0.1) is 0 Å². The molecule has 7 heteroatoms. The van der Waals surface area contributed by atoms with E-state index in [4.69, 9.17) is 14.6 Å². The van der Waals surface area contributed by atoms with Crippen molar-refractivity contribution >= 4 is 23.5 Å². The van der Waals surface area contributed by atoms with Crippen LogP contribution in [0.3, 0.4) is 0 Å². The average Bonchev–Trinajstić information content (AvgIpc) is 3.29. The lowest BCUT2D eigenvalue weighted by molar-refractivity contribution is -0.118. The van der Waals surface area contributed by atoms with Gasteiger partial charge < -0.3 is 14.8 Å². The molecule has 2 heterocycles. The summed E-state index contributed by atoms with van der Waals surface area (Å²) in [6, 6.07) is 15.3. The van der Waals surface area contributed by atoms with Crippen molar-refractivity contribution in [3.63, 3.8) is 0 Å². The lowest BCUT2D eigenvalue weighted by atomic mass is 10.2. The van der Waals surface area contributed by atoms with Crippen LogP contribution in [-0.4, -0.2) is 29.4 Å². The van der Waals surface area contributed by atoms with Gasteiger partial charge in [0.1, 0.15) is 17.3 Å². The van der Waals surface area contributed by atoms with E-state index in [1.165, 1.54) is 0 Å². The third-order valence-electron chi connectivity index (χ3n) is 4.47. The molecule has 0 fully saturated rings. The Hall–Kier alpha value is -2.93. The molecule has 1 aliphatic rings. The van der Waals surface area contributed by atoms with E-state index >= 15 is 0 Å². The summed E-state index contributed by atoms with van der Waals surface area (Å²) in [5.74, 6) is 3.47. The quantitative estimate of drug-likeness (QED) is 0.685. The van der Waals surface area contributed by atoms with Crippen LogP contribution in [0.5, 0.6) is 11.5 Å². The fourth-order valence-corrected chi connectivity index (χ4v) is 4.13. The van der Waals surface area contributed by atoms with E-state index in [9.17, 15) is 4.79 Å². The van der Waals surface area contributed by atoms with Gasteiger partial charge in [-0.05, 0) is 36.8 Å². The third kappa shape index (κ3) is 3.84. The number of thioether (sulfide) groups is 1. The van der Waals surface area contributed by atoms with Crippen molar-refractivity contribution in [3.8, 4) is 17.2 Å². The minimum atomic E-state index is -0.226. The zero-order chi connectivity index (χ0) is 19.5. The minimum absolute atomic E-state index is 0.0892. The van der Waals surface area contributed by atoms with Gasteiger partial charge in [-0.1, -0.05) is 18.2 Å². The first kappa shape index (κ1) is 18.4. The molecule has 6 nitrogen and oxygen atoms in total. The molecule has 1 aliphatic heterocycles. The summed E-state index contributed by atoms with van der Waals surface area (Å²) in [4.78, 5) is 12.6. The number of benzene rings is 2. The zero-order valence-corrected chi connectivity index (χ0v) is 16.6. The Morgan fingerprint density at radius 1 is 1.18 bits per heavy atom. The molecule has 1 N–H and O–H groups in total. The molecule has 2 aromatic carbocycles. The van der Waals surface area contributed by atoms with Gasteiger partial charge >= 0.3 is 0 Å². The summed E-state index contributed by atoms with van der Waals surface area (Å²) in [6.07, 6.45) is 0. The lowest BCUT2D eigenvalue weighted by Crippen LogP contribution is -2.22. The summed E-state index contributed by atoms with van der Waals surface area (Å²) < 4.78 is 12.6. The number of nitrogens with zero attached hydrogens (tertiary/aromatic N) is 2. The second-order valence-electron chi connectivity index (χ2n) is 6.53. The molecular formula is C21H21N3O3S. The van der Waals surface area contributed by atoms with Crippen molar-refractivity contribution < 1.29 is 14.3 Å². The molecule has 3 aromatic rings. The molecule has 0 unspecified atom stereocenters. The van der Waals surface area contributed by atoms with Crippen LogP contribution in [0.15, 0.2) is 48.5 Å². The van der Waals surface area contributed by atoms with E-state index < -0.39 is 0 Å². The number of amides is 1. The van der Waals surface area contributed by atoms with Crippen molar-refractivity contribution in [2.24, 2.45) is 0 Å². The SMILES string of the molecule is COc1cccc(OCC(=O)Nc2c3c(nn2-c2cccc(C)c2)CSC3)c1. The molecule has 0 saturated carbocycles. The van der Waals surface area contributed by atoms with E-state index in [2.05, 4.69) is 11.4 Å². The van der Waals surface area contributed by atoms with Crippen LogP contribution < -0.4 is 14.8 Å². The van der Waals surface area contributed by atoms with Gasteiger partial charge in [0.15, 0.2) is 6.61 Å². The number of ether oxygens (including phenoxy) is 2. The maximum Gasteiger partial charge on any atom is 0.263 e. The van der Waals surface area contributed by atoms with Gasteiger partial charge in [-0.25, -0.2) is 4.68 Å². The summed E-state index contributed by atoms with van der Waals surface area (Å²) >= 11 is 1.80. The molecule has 0 bridgehead atoms. The average molecular weight is 395 g/mol. The van der Waals surface area contributed by atoms with Crippen LogP contribution in [0.1, 0.15) is 16.8 Å². The largest absolute Gasteiger partial charge is 0.497 e. The maximum absolute atomic E-state index is 12.6. The van der Waals surface area contributed by atoms with Crippen LogP contribution in [0.25, 0.3) is 5.69 Å². The van der Waals surface area contributed by atoms with Crippen LogP contribution in [-0.2, 0) is 16.3 Å². The van der Waals surface area contributed by atoms with Gasteiger partial charge in [0.05, 0.1) is 18.5 Å². The topological polar surface area (TPSA) is 65.4 Å². The van der Waals surface area contributed by atoms with Crippen molar-refractivity contribution in [2.75, 3.05) is 19.0 Å². The molecule has 1 aromatic heterocycles. The normalized spacial score (nSPS) is 12.5. The van der Waals surface area contributed by atoms with E-state index in [-0.39, 0.29) is 12.5 Å². The van der Waals surface area contributed by atoms with Crippen LogP contribution in [0, 0.1) is 6.92 Å². The number of aryl methyl sites for hydroxylation is 1. The minimum Gasteiger partial charge on any atom is -0.497 e. The lowest BCUT2D eigenvalue weighted by Gasteiger charge is -2.12. The van der Waals surface area contributed by atoms with Crippen molar-refractivity contribution in [2.45, 2.75) is 18.4 Å². The second kappa shape index (κ2) is 7.98. The number of hydrogen-bond donors (Lipinski definition) is 1. The number of methoxy groups -OCH3 is 1. The Kier molecular flexibility index (Phi) is 5.25. The first-order chi connectivity index (χ1) is 13.6. The summed E-state index contributed by atoms with van der Waals surface area (Å²) in [7, 11) is 1.59. The highest BCUT2D eigenvalue weighted by molar-refractivity contribution is 7.98. The number of nitrogens with one attached hydrogen (secondary N) is 1. The number of anilines is 1. The van der Waals surface area contributed by atoms with E-state index in [0.29, 0.717) is 11.5 Å². The summed E-state index contributed by atoms with van der Waals surface area (Å²) in [6.45, 7) is 1.95. The van der Waals surface area contributed by atoms with Gasteiger partial charge in [-0.3, -0.25) is 4.79 Å². The molecule has 0 spiro atoms.